The Morgan fingerprint density at radius 1 is 1.50 bits per heavy atom. The predicted molar refractivity (Wildman–Crippen MR) is 51.5 cm³/mol. The van der Waals surface area contributed by atoms with Gasteiger partial charge in [-0.05, 0) is 13.8 Å². The van der Waals surface area contributed by atoms with Crippen LogP contribution in [0.5, 0.6) is 0 Å². The van der Waals surface area contributed by atoms with Gasteiger partial charge in [0.1, 0.15) is 0 Å². The Kier molecular flexibility index (Phi) is 4.80. The first-order valence-electron chi connectivity index (χ1n) is 4.18. The van der Waals surface area contributed by atoms with E-state index in [1.54, 1.807) is 19.9 Å². The summed E-state index contributed by atoms with van der Waals surface area (Å²) in [5.74, 6) is 0. The fourth-order valence-corrected chi connectivity index (χ4v) is 2.28. The molecule has 0 heterocycles. The molecule has 0 radical (unpaired) electrons. The van der Waals surface area contributed by atoms with E-state index in [4.69, 9.17) is 20.9 Å². The van der Waals surface area contributed by atoms with Gasteiger partial charge in [0, 0.05) is 6.92 Å². The third kappa shape index (κ3) is 2.33. The van der Waals surface area contributed by atoms with E-state index in [9.17, 15) is 4.57 Å². The van der Waals surface area contributed by atoms with Crippen LogP contribution < -0.4 is 0 Å². The number of hydrogen-bond donors (Lipinski definition) is 0. The minimum Gasteiger partial charge on any atom is -0.302 e. The fourth-order valence-electron chi connectivity index (χ4n) is 0.776. The predicted octanol–water partition coefficient (Wildman–Crippen LogP) is 2.41. The van der Waals surface area contributed by atoms with Gasteiger partial charge in [0.15, 0.2) is 6.07 Å². The lowest BCUT2D eigenvalue weighted by atomic mass is 10.4. The van der Waals surface area contributed by atoms with E-state index in [0.29, 0.717) is 0 Å². The molecule has 0 N–H and O–H groups in total. The summed E-state index contributed by atoms with van der Waals surface area (Å²) in [6.45, 7) is 11.6. The first-order valence-corrected chi connectivity index (χ1v) is 5.73. The van der Waals surface area contributed by atoms with E-state index in [-0.39, 0.29) is 13.2 Å². The summed E-state index contributed by atoms with van der Waals surface area (Å²) >= 11 is 0. The second-order valence-electron chi connectivity index (χ2n) is 2.58. The molecule has 0 amide bonds. The van der Waals surface area contributed by atoms with Crippen molar-refractivity contribution in [2.45, 2.75) is 26.1 Å². The third-order valence-corrected chi connectivity index (χ3v) is 4.02. The van der Waals surface area contributed by atoms with Crippen molar-refractivity contribution in [3.63, 3.8) is 0 Å². The first-order chi connectivity index (χ1) is 6.49. The molecule has 0 aliphatic rings. The maximum Gasteiger partial charge on any atom is 0.430 e. The second kappa shape index (κ2) is 5.12. The highest BCUT2D eigenvalue weighted by molar-refractivity contribution is 7.56. The fraction of sp³-hybridized carbons (Fsp3) is 0.750. The van der Waals surface area contributed by atoms with Crippen molar-refractivity contribution >= 4 is 7.60 Å². The molecule has 0 bridgehead atoms. The smallest absolute Gasteiger partial charge is 0.302 e. The normalized spacial score (nSPS) is 15.2. The molecule has 0 aliphatic carbocycles. The first kappa shape index (κ1) is 13.1. The minimum absolute atomic E-state index is 0.143. The highest BCUT2D eigenvalue weighted by atomic mass is 31.2. The Hall–Kier alpha value is -0.870. The van der Waals surface area contributed by atoms with Crippen LogP contribution >= 0.6 is 7.60 Å². The number of hydrogen-bond acceptors (Lipinski definition) is 4. The maximum atomic E-state index is 12.0. The molecule has 0 fully saturated rings. The molecule has 14 heavy (non-hydrogen) atoms. The van der Waals surface area contributed by atoms with Gasteiger partial charge in [-0.15, -0.1) is 0 Å². The van der Waals surface area contributed by atoms with E-state index in [1.165, 1.54) is 6.92 Å². The van der Waals surface area contributed by atoms with Crippen LogP contribution in [0, 0.1) is 17.9 Å². The molecule has 0 unspecified atom stereocenters. The van der Waals surface area contributed by atoms with E-state index in [2.05, 4.69) is 4.85 Å². The summed E-state index contributed by atoms with van der Waals surface area (Å²) in [6.07, 6.45) is 0. The van der Waals surface area contributed by atoms with Gasteiger partial charge in [-0.3, -0.25) is 4.85 Å². The highest BCUT2D eigenvalue weighted by Crippen LogP contribution is 2.60. The van der Waals surface area contributed by atoms with Crippen molar-refractivity contribution in [3.05, 3.63) is 11.4 Å². The zero-order valence-electron chi connectivity index (χ0n) is 8.48. The summed E-state index contributed by atoms with van der Waals surface area (Å²) < 4.78 is 21.8. The molecule has 6 heteroatoms. The van der Waals surface area contributed by atoms with Gasteiger partial charge < -0.3 is 9.05 Å². The summed E-state index contributed by atoms with van der Waals surface area (Å²) in [6, 6.07) is 1.67. The van der Waals surface area contributed by atoms with Crippen molar-refractivity contribution in [3.8, 4) is 6.07 Å². The third-order valence-electron chi connectivity index (χ3n) is 1.56. The molecule has 1 atom stereocenters. The van der Waals surface area contributed by atoms with Crippen LogP contribution in [0.4, 0.5) is 0 Å². The van der Waals surface area contributed by atoms with E-state index in [0.717, 1.165) is 0 Å². The van der Waals surface area contributed by atoms with Gasteiger partial charge >= 0.3 is 12.9 Å². The van der Waals surface area contributed by atoms with Gasteiger partial charge in [-0.2, -0.15) is 5.26 Å². The lowest BCUT2D eigenvalue weighted by Gasteiger charge is -2.20. The largest absolute Gasteiger partial charge is 0.430 e. The average molecular weight is 216 g/mol. The van der Waals surface area contributed by atoms with Crippen LogP contribution in [0.1, 0.15) is 20.8 Å². The molecular formula is C8H13N2O3P. The number of nitrogens with zero attached hydrogens (tertiary/aromatic N) is 2. The zero-order chi connectivity index (χ0) is 11.2. The molecule has 78 valence electrons. The van der Waals surface area contributed by atoms with Crippen molar-refractivity contribution in [2.24, 2.45) is 0 Å². The molecule has 0 aromatic carbocycles. The summed E-state index contributed by atoms with van der Waals surface area (Å²) in [4.78, 5) is 3.02. The van der Waals surface area contributed by atoms with Crippen LogP contribution in [0.2, 0.25) is 0 Å². The monoisotopic (exact) mass is 216 g/mol. The molecule has 0 aromatic rings. The van der Waals surface area contributed by atoms with Crippen molar-refractivity contribution in [1.29, 1.82) is 5.26 Å². The lowest BCUT2D eigenvalue weighted by Crippen LogP contribution is -2.21. The van der Waals surface area contributed by atoms with E-state index >= 15 is 0 Å². The van der Waals surface area contributed by atoms with Gasteiger partial charge in [-0.1, -0.05) is 0 Å². The quantitative estimate of drug-likeness (QED) is 0.523. The Morgan fingerprint density at radius 2 is 1.93 bits per heavy atom. The lowest BCUT2D eigenvalue weighted by molar-refractivity contribution is 0.211. The highest BCUT2D eigenvalue weighted by Gasteiger charge is 2.55. The van der Waals surface area contributed by atoms with Crippen LogP contribution in [-0.2, 0) is 13.6 Å². The molecule has 0 saturated carbocycles. The Balaban J connectivity index is 5.12. The number of nitriles is 1. The van der Waals surface area contributed by atoms with Gasteiger partial charge in [0.25, 0.3) is 0 Å². The van der Waals surface area contributed by atoms with Crippen LogP contribution in [0.3, 0.4) is 0 Å². The van der Waals surface area contributed by atoms with Crippen molar-refractivity contribution < 1.29 is 13.6 Å². The Morgan fingerprint density at radius 3 is 2.14 bits per heavy atom. The molecule has 0 saturated heterocycles. The molecule has 5 nitrogen and oxygen atoms in total. The van der Waals surface area contributed by atoms with E-state index < -0.39 is 12.9 Å². The van der Waals surface area contributed by atoms with Crippen molar-refractivity contribution in [2.75, 3.05) is 13.2 Å². The maximum absolute atomic E-state index is 12.0. The second-order valence-corrected chi connectivity index (χ2v) is 4.96. The van der Waals surface area contributed by atoms with Crippen LogP contribution in [0.25, 0.3) is 4.85 Å². The molecule has 0 aromatic heterocycles. The summed E-state index contributed by atoms with van der Waals surface area (Å²) in [5.41, 5.74) is 0. The summed E-state index contributed by atoms with van der Waals surface area (Å²) in [5, 5.41) is 7.03. The Bertz CT molecular complexity index is 292. The van der Waals surface area contributed by atoms with Crippen LogP contribution in [0.15, 0.2) is 0 Å². The zero-order valence-corrected chi connectivity index (χ0v) is 9.38. The molecule has 0 aliphatic heterocycles. The number of rotatable bonds is 5. The summed E-state index contributed by atoms with van der Waals surface area (Å²) in [7, 11) is -3.66. The standard InChI is InChI=1S/C8H13N2O3P/c1-5-12-14(11,13-6-2)8(3,7-9)10-4/h5-6H2,1-3H3/t8-/m0/s1. The molecular weight excluding hydrogens is 203 g/mol. The van der Waals surface area contributed by atoms with E-state index in [1.807, 2.05) is 0 Å². The minimum atomic E-state index is -3.66. The van der Waals surface area contributed by atoms with Crippen molar-refractivity contribution in [1.82, 2.24) is 0 Å². The average Bonchev–Trinajstić information content (AvgIpc) is 2.17. The molecule has 0 rings (SSSR count). The topological polar surface area (TPSA) is 63.7 Å². The van der Waals surface area contributed by atoms with Gasteiger partial charge in [0.2, 0.25) is 0 Å². The van der Waals surface area contributed by atoms with Crippen LogP contribution in [-0.4, -0.2) is 18.5 Å². The molecule has 0 spiro atoms. The van der Waals surface area contributed by atoms with Gasteiger partial charge in [0.05, 0.1) is 13.2 Å². The SMILES string of the molecule is [C-]#[N+][C@](C)(C#N)P(=O)(OCC)OCC. The Labute approximate surface area is 84.0 Å². The van der Waals surface area contributed by atoms with Gasteiger partial charge in [-0.25, -0.2) is 11.1 Å².